The second-order valence-corrected chi connectivity index (χ2v) is 6.74. The molecule has 9 heteroatoms. The lowest BCUT2D eigenvalue weighted by atomic mass is 10.0. The van der Waals surface area contributed by atoms with Crippen LogP contribution in [0.25, 0.3) is 11.1 Å². The summed E-state index contributed by atoms with van der Waals surface area (Å²) in [6.45, 7) is 0. The van der Waals surface area contributed by atoms with Gasteiger partial charge in [0, 0.05) is 5.56 Å². The van der Waals surface area contributed by atoms with Crippen molar-refractivity contribution in [3.63, 3.8) is 0 Å². The maximum absolute atomic E-state index is 13.7. The van der Waals surface area contributed by atoms with E-state index in [1.165, 1.54) is 30.3 Å². The number of carboxylic acids is 1. The molecule has 1 aliphatic heterocycles. The summed E-state index contributed by atoms with van der Waals surface area (Å²) in [5, 5.41) is 9.55. The number of hydrogen-bond donors (Lipinski definition) is 2. The molecular formula is C22H12F2N2O5. The van der Waals surface area contributed by atoms with E-state index in [0.717, 1.165) is 24.3 Å². The predicted molar refractivity (Wildman–Crippen MR) is 105 cm³/mol. The van der Waals surface area contributed by atoms with Crippen LogP contribution >= 0.6 is 0 Å². The molecule has 0 saturated heterocycles. The zero-order valence-electron chi connectivity index (χ0n) is 15.6. The molecule has 1 heterocycles. The first-order valence-corrected chi connectivity index (χ1v) is 8.84. The van der Waals surface area contributed by atoms with Gasteiger partial charge in [-0.15, -0.1) is 0 Å². The Morgan fingerprint density at radius 3 is 2.10 bits per heavy atom. The Balaban J connectivity index is 1.87. The van der Waals surface area contributed by atoms with Gasteiger partial charge in [-0.2, -0.15) is 0 Å². The molecule has 31 heavy (non-hydrogen) atoms. The van der Waals surface area contributed by atoms with Crippen molar-refractivity contribution in [2.75, 3.05) is 4.90 Å². The standard InChI is InChI=1S/C22H12F2N2O5/c23-16-6-3-10(8-17(16)24)11-1-5-14(22(30)31)18(9-11)26-20(28)13-4-2-12(19(25)27)7-15(13)21(26)29/h1-9H,(H2,25,27)(H,30,31). The average Bonchev–Trinajstić information content (AvgIpc) is 2.99. The van der Waals surface area contributed by atoms with Crippen LogP contribution in [0.4, 0.5) is 14.5 Å². The van der Waals surface area contributed by atoms with Gasteiger partial charge < -0.3 is 10.8 Å². The summed E-state index contributed by atoms with van der Waals surface area (Å²) in [5.41, 5.74) is 4.98. The zero-order chi connectivity index (χ0) is 22.4. The van der Waals surface area contributed by atoms with Crippen molar-refractivity contribution in [2.24, 2.45) is 5.73 Å². The van der Waals surface area contributed by atoms with E-state index < -0.39 is 35.3 Å². The molecule has 0 atom stereocenters. The Kier molecular flexibility index (Phi) is 4.58. The quantitative estimate of drug-likeness (QED) is 0.626. The monoisotopic (exact) mass is 422 g/mol. The van der Waals surface area contributed by atoms with Crippen molar-refractivity contribution in [2.45, 2.75) is 0 Å². The third-order valence-corrected chi connectivity index (χ3v) is 4.89. The van der Waals surface area contributed by atoms with Gasteiger partial charge >= 0.3 is 5.97 Å². The lowest BCUT2D eigenvalue weighted by Crippen LogP contribution is -2.31. The molecule has 0 radical (unpaired) electrons. The number of aromatic carboxylic acids is 1. The van der Waals surface area contributed by atoms with Gasteiger partial charge in [-0.25, -0.2) is 18.5 Å². The Labute approximate surface area is 173 Å². The van der Waals surface area contributed by atoms with Crippen LogP contribution in [0.3, 0.4) is 0 Å². The second-order valence-electron chi connectivity index (χ2n) is 6.74. The van der Waals surface area contributed by atoms with E-state index in [0.29, 0.717) is 4.90 Å². The number of nitrogens with two attached hydrogens (primary N) is 1. The van der Waals surface area contributed by atoms with Gasteiger partial charge in [0.1, 0.15) is 0 Å². The fraction of sp³-hybridized carbons (Fsp3) is 0. The Morgan fingerprint density at radius 1 is 0.806 bits per heavy atom. The van der Waals surface area contributed by atoms with E-state index in [1.54, 1.807) is 0 Å². The molecule has 3 aromatic carbocycles. The van der Waals surface area contributed by atoms with Crippen LogP contribution in [0.2, 0.25) is 0 Å². The number of rotatable bonds is 4. The molecular weight excluding hydrogens is 410 g/mol. The molecule has 3 aromatic rings. The molecule has 154 valence electrons. The third kappa shape index (κ3) is 3.21. The Morgan fingerprint density at radius 2 is 1.45 bits per heavy atom. The first kappa shape index (κ1) is 19.9. The summed E-state index contributed by atoms with van der Waals surface area (Å²) in [6, 6.07) is 10.5. The minimum Gasteiger partial charge on any atom is -0.478 e. The number of anilines is 1. The highest BCUT2D eigenvalue weighted by atomic mass is 19.2. The molecule has 0 saturated carbocycles. The van der Waals surface area contributed by atoms with Crippen molar-refractivity contribution in [3.05, 3.63) is 88.5 Å². The van der Waals surface area contributed by atoms with E-state index >= 15 is 0 Å². The van der Waals surface area contributed by atoms with E-state index in [1.807, 2.05) is 0 Å². The number of hydrogen-bond acceptors (Lipinski definition) is 4. The molecule has 4 rings (SSSR count). The van der Waals surface area contributed by atoms with Crippen molar-refractivity contribution < 1.29 is 33.1 Å². The predicted octanol–water partition coefficient (Wildman–Crippen LogP) is 3.23. The minimum absolute atomic E-state index is 0.00995. The van der Waals surface area contributed by atoms with Crippen LogP contribution in [-0.4, -0.2) is 28.8 Å². The normalized spacial score (nSPS) is 12.8. The van der Waals surface area contributed by atoms with Crippen LogP contribution in [0.5, 0.6) is 0 Å². The fourth-order valence-electron chi connectivity index (χ4n) is 3.37. The smallest absolute Gasteiger partial charge is 0.337 e. The lowest BCUT2D eigenvalue weighted by molar-refractivity contribution is 0.0697. The number of nitrogens with zero attached hydrogens (tertiary/aromatic N) is 1. The summed E-state index contributed by atoms with van der Waals surface area (Å²) in [5.74, 6) is -6.00. The van der Waals surface area contributed by atoms with Crippen LogP contribution < -0.4 is 10.6 Å². The Bertz CT molecular complexity index is 1320. The minimum atomic E-state index is -1.40. The number of imide groups is 1. The topological polar surface area (TPSA) is 118 Å². The molecule has 1 aliphatic rings. The van der Waals surface area contributed by atoms with Crippen molar-refractivity contribution in [1.82, 2.24) is 0 Å². The number of fused-ring (bicyclic) bond motifs is 1. The second kappa shape index (κ2) is 7.13. The summed E-state index contributed by atoms with van der Waals surface area (Å²) in [6.07, 6.45) is 0. The molecule has 0 bridgehead atoms. The number of carboxylic acid groups (broad SMARTS) is 1. The molecule has 3 amide bonds. The first-order chi connectivity index (χ1) is 14.7. The van der Waals surface area contributed by atoms with Gasteiger partial charge in [-0.05, 0) is 53.6 Å². The largest absolute Gasteiger partial charge is 0.478 e. The van der Waals surface area contributed by atoms with E-state index in [-0.39, 0.29) is 39.1 Å². The number of carbonyl (C=O) groups is 4. The van der Waals surface area contributed by atoms with Gasteiger partial charge in [-0.3, -0.25) is 14.4 Å². The average molecular weight is 422 g/mol. The van der Waals surface area contributed by atoms with Gasteiger partial charge in [-0.1, -0.05) is 12.1 Å². The highest BCUT2D eigenvalue weighted by Gasteiger charge is 2.39. The summed E-state index contributed by atoms with van der Waals surface area (Å²) < 4.78 is 26.9. The summed E-state index contributed by atoms with van der Waals surface area (Å²) in [4.78, 5) is 49.7. The molecule has 7 nitrogen and oxygen atoms in total. The SMILES string of the molecule is NC(=O)c1ccc2c(c1)C(=O)N(c1cc(-c3ccc(F)c(F)c3)ccc1C(=O)O)C2=O. The first-order valence-electron chi connectivity index (χ1n) is 8.84. The highest BCUT2D eigenvalue weighted by Crippen LogP contribution is 2.35. The van der Waals surface area contributed by atoms with Crippen molar-refractivity contribution >= 4 is 29.4 Å². The lowest BCUT2D eigenvalue weighted by Gasteiger charge is -2.18. The number of halogens is 2. The van der Waals surface area contributed by atoms with Crippen molar-refractivity contribution in [3.8, 4) is 11.1 Å². The molecule has 0 fully saturated rings. The van der Waals surface area contributed by atoms with Crippen molar-refractivity contribution in [1.29, 1.82) is 0 Å². The molecule has 0 aliphatic carbocycles. The van der Waals surface area contributed by atoms with Crippen LogP contribution in [0.15, 0.2) is 54.6 Å². The summed E-state index contributed by atoms with van der Waals surface area (Å²) in [7, 11) is 0. The number of amides is 3. The highest BCUT2D eigenvalue weighted by molar-refractivity contribution is 6.35. The maximum Gasteiger partial charge on any atom is 0.337 e. The molecule has 0 spiro atoms. The number of benzene rings is 3. The van der Waals surface area contributed by atoms with E-state index in [4.69, 9.17) is 5.73 Å². The number of carbonyl (C=O) groups excluding carboxylic acids is 3. The fourth-order valence-corrected chi connectivity index (χ4v) is 3.37. The van der Waals surface area contributed by atoms with E-state index in [9.17, 15) is 33.1 Å². The summed E-state index contributed by atoms with van der Waals surface area (Å²) >= 11 is 0. The molecule has 3 N–H and O–H groups in total. The number of primary amides is 1. The van der Waals surface area contributed by atoms with Gasteiger partial charge in [0.25, 0.3) is 11.8 Å². The van der Waals surface area contributed by atoms with Crippen LogP contribution in [-0.2, 0) is 0 Å². The molecule has 0 aromatic heterocycles. The van der Waals surface area contributed by atoms with Gasteiger partial charge in [0.05, 0.1) is 22.4 Å². The maximum atomic E-state index is 13.7. The third-order valence-electron chi connectivity index (χ3n) is 4.89. The Hall–Kier alpha value is -4.40. The van der Waals surface area contributed by atoms with Crippen LogP contribution in [0.1, 0.15) is 41.4 Å². The van der Waals surface area contributed by atoms with Gasteiger partial charge in [0.15, 0.2) is 11.6 Å². The molecule has 0 unspecified atom stereocenters. The van der Waals surface area contributed by atoms with E-state index in [2.05, 4.69) is 0 Å². The van der Waals surface area contributed by atoms with Crippen LogP contribution in [0, 0.1) is 11.6 Å². The van der Waals surface area contributed by atoms with Gasteiger partial charge in [0.2, 0.25) is 5.91 Å². The zero-order valence-corrected chi connectivity index (χ0v) is 15.6.